The number of amides is 1. The first-order valence-electron chi connectivity index (χ1n) is 5.93. The predicted octanol–water partition coefficient (Wildman–Crippen LogP) is 2.08. The van der Waals surface area contributed by atoms with E-state index in [-0.39, 0.29) is 10.9 Å². The van der Waals surface area contributed by atoms with Crippen LogP contribution in [-0.2, 0) is 14.7 Å². The Labute approximate surface area is 122 Å². The lowest BCUT2D eigenvalue weighted by Crippen LogP contribution is -2.32. The lowest BCUT2D eigenvalue weighted by molar-refractivity contribution is -0.119. The summed E-state index contributed by atoms with van der Waals surface area (Å²) in [4.78, 5) is 11.4. The van der Waals surface area contributed by atoms with Gasteiger partial charge >= 0.3 is 0 Å². The zero-order valence-corrected chi connectivity index (χ0v) is 12.7. The maximum atomic E-state index is 13.8. The summed E-state index contributed by atoms with van der Waals surface area (Å²) in [6, 6.07) is 2.92. The van der Waals surface area contributed by atoms with Crippen LogP contribution in [0.2, 0.25) is 5.02 Å². The van der Waals surface area contributed by atoms with E-state index in [0.717, 1.165) is 0 Å². The zero-order valence-electron chi connectivity index (χ0n) is 11.2. The summed E-state index contributed by atoms with van der Waals surface area (Å²) in [5, 5.41) is 5.22. The first-order chi connectivity index (χ1) is 9.15. The Bertz CT molecular complexity index is 627. The van der Waals surface area contributed by atoms with Gasteiger partial charge < -0.3 is 5.73 Å². The van der Waals surface area contributed by atoms with E-state index in [2.05, 4.69) is 4.36 Å². The van der Waals surface area contributed by atoms with Gasteiger partial charge in [-0.25, -0.2) is 13.7 Å². The van der Waals surface area contributed by atoms with Crippen molar-refractivity contribution in [2.45, 2.75) is 31.2 Å². The predicted molar refractivity (Wildman–Crippen MR) is 76.9 cm³/mol. The molecule has 0 spiro atoms. The third-order valence-corrected chi connectivity index (χ3v) is 4.19. The minimum atomic E-state index is -3.71. The highest BCUT2D eigenvalue weighted by molar-refractivity contribution is 7.91. The number of carbonyl (C=O) groups excluding carboxylic acids is 1. The number of rotatable bonds is 4. The molecule has 0 aromatic heterocycles. The molecule has 2 atom stereocenters. The largest absolute Gasteiger partial charge is 0.320 e. The Kier molecular flexibility index (Phi) is 5.64. The second-order valence-electron chi connectivity index (χ2n) is 4.79. The monoisotopic (exact) mass is 321 g/mol. The second kappa shape index (κ2) is 6.62. The summed E-state index contributed by atoms with van der Waals surface area (Å²) in [6.07, 6.45) is 0.371. The lowest BCUT2D eigenvalue weighted by Gasteiger charge is -2.11. The zero-order chi connectivity index (χ0) is 15.5. The van der Waals surface area contributed by atoms with Gasteiger partial charge in [-0.3, -0.25) is 4.79 Å². The third kappa shape index (κ3) is 4.24. The smallest absolute Gasteiger partial charge is 0.271 e. The summed E-state index contributed by atoms with van der Waals surface area (Å²) < 4.78 is 29.3. The van der Waals surface area contributed by atoms with Crippen LogP contribution in [-0.4, -0.2) is 16.2 Å². The van der Waals surface area contributed by atoms with Gasteiger partial charge in [-0.15, -0.1) is 4.36 Å². The third-order valence-electron chi connectivity index (χ3n) is 2.50. The van der Waals surface area contributed by atoms with Crippen LogP contribution in [0.3, 0.4) is 0 Å². The van der Waals surface area contributed by atoms with Gasteiger partial charge in [-0.1, -0.05) is 31.5 Å². The summed E-state index contributed by atoms with van der Waals surface area (Å²) >= 11 is 5.58. The van der Waals surface area contributed by atoms with Crippen LogP contribution >= 0.6 is 11.6 Å². The number of nitrogens with zero attached hydrogens (tertiary/aromatic N) is 1. The first-order valence-corrected chi connectivity index (χ1v) is 7.89. The summed E-state index contributed by atoms with van der Waals surface area (Å²) in [5.41, 5.74) is 5.63. The molecular formula is C12H17ClFN3O2S. The minimum absolute atomic E-state index is 0.167. The molecule has 0 heterocycles. The molecule has 4 N–H and O–H groups in total. The highest BCUT2D eigenvalue weighted by atomic mass is 35.5. The van der Waals surface area contributed by atoms with Crippen molar-refractivity contribution in [3.8, 4) is 0 Å². The maximum absolute atomic E-state index is 13.8. The van der Waals surface area contributed by atoms with E-state index in [1.165, 1.54) is 18.2 Å². The Morgan fingerprint density at radius 1 is 1.50 bits per heavy atom. The Balaban J connectivity index is 3.16. The van der Waals surface area contributed by atoms with E-state index < -0.39 is 32.6 Å². The van der Waals surface area contributed by atoms with Gasteiger partial charge in [-0.2, -0.15) is 0 Å². The van der Waals surface area contributed by atoms with Crippen LogP contribution in [0.1, 0.15) is 20.3 Å². The quantitative estimate of drug-likeness (QED) is 0.888. The van der Waals surface area contributed by atoms with Crippen molar-refractivity contribution in [3.63, 3.8) is 0 Å². The Hall–Kier alpha value is -1.02. The molecule has 1 rings (SSSR count). The van der Waals surface area contributed by atoms with E-state index in [4.69, 9.17) is 22.5 Å². The van der Waals surface area contributed by atoms with Gasteiger partial charge in [0, 0.05) is 0 Å². The fourth-order valence-corrected chi connectivity index (χ4v) is 2.94. The molecule has 1 aromatic carbocycles. The SMILES string of the molecule is CC(C)C[C@H](N)C(=O)N=S(N)(=O)c1cccc(Cl)c1F. The topological polar surface area (TPSA) is 98.5 Å². The van der Waals surface area contributed by atoms with Crippen molar-refractivity contribution in [1.29, 1.82) is 0 Å². The van der Waals surface area contributed by atoms with Crippen LogP contribution in [0.15, 0.2) is 27.5 Å². The molecular weight excluding hydrogens is 305 g/mol. The summed E-state index contributed by atoms with van der Waals surface area (Å²) in [7, 11) is -3.71. The molecule has 1 aromatic rings. The Morgan fingerprint density at radius 2 is 2.10 bits per heavy atom. The van der Waals surface area contributed by atoms with E-state index in [1.807, 2.05) is 13.8 Å². The normalized spacial score (nSPS) is 15.8. The van der Waals surface area contributed by atoms with E-state index in [0.29, 0.717) is 6.42 Å². The standard InChI is InChI=1S/C12H17ClFN3O2S/c1-7(2)6-9(15)12(18)17-20(16,19)10-5-3-4-8(13)11(10)14/h3-5,7,9H,6,15H2,1-2H3,(H2,16,17,18,19)/t9-,20?/m0/s1. The molecule has 0 bridgehead atoms. The van der Waals surface area contributed by atoms with Crippen LogP contribution in [0.5, 0.6) is 0 Å². The molecule has 0 radical (unpaired) electrons. The molecule has 20 heavy (non-hydrogen) atoms. The number of halogens is 2. The van der Waals surface area contributed by atoms with Gasteiger partial charge in [0.1, 0.15) is 9.92 Å². The van der Waals surface area contributed by atoms with Gasteiger partial charge in [-0.05, 0) is 24.5 Å². The summed E-state index contributed by atoms with van der Waals surface area (Å²) in [5.74, 6) is -1.60. The Morgan fingerprint density at radius 3 is 2.65 bits per heavy atom. The van der Waals surface area contributed by atoms with Crippen molar-refractivity contribution in [2.75, 3.05) is 0 Å². The van der Waals surface area contributed by atoms with Crippen molar-refractivity contribution >= 4 is 27.4 Å². The fourth-order valence-electron chi connectivity index (χ4n) is 1.57. The van der Waals surface area contributed by atoms with Gasteiger partial charge in [0.05, 0.1) is 16.0 Å². The van der Waals surface area contributed by atoms with Crippen molar-refractivity contribution in [1.82, 2.24) is 0 Å². The van der Waals surface area contributed by atoms with Gasteiger partial charge in [0.15, 0.2) is 5.82 Å². The average molecular weight is 322 g/mol. The molecule has 8 heteroatoms. The highest BCUT2D eigenvalue weighted by Crippen LogP contribution is 2.22. The van der Waals surface area contributed by atoms with Crippen LogP contribution in [0.25, 0.3) is 0 Å². The van der Waals surface area contributed by atoms with Crippen LogP contribution in [0.4, 0.5) is 4.39 Å². The molecule has 1 amide bonds. The van der Waals surface area contributed by atoms with Gasteiger partial charge in [0.25, 0.3) is 5.91 Å². The lowest BCUT2D eigenvalue weighted by atomic mass is 10.0. The second-order valence-corrected chi connectivity index (χ2v) is 6.95. The molecule has 0 aliphatic rings. The molecule has 0 saturated carbocycles. The fraction of sp³-hybridized carbons (Fsp3) is 0.417. The molecule has 0 fully saturated rings. The van der Waals surface area contributed by atoms with Crippen LogP contribution in [0, 0.1) is 11.7 Å². The van der Waals surface area contributed by atoms with Crippen molar-refractivity contribution < 1.29 is 13.4 Å². The number of nitrogens with two attached hydrogens (primary N) is 2. The molecule has 0 aliphatic carbocycles. The molecule has 1 unspecified atom stereocenters. The van der Waals surface area contributed by atoms with E-state index in [9.17, 15) is 13.4 Å². The molecule has 112 valence electrons. The molecule has 0 aliphatic heterocycles. The number of hydrogen-bond donors (Lipinski definition) is 2. The minimum Gasteiger partial charge on any atom is -0.320 e. The number of hydrogen-bond acceptors (Lipinski definition) is 3. The number of benzene rings is 1. The van der Waals surface area contributed by atoms with Crippen LogP contribution < -0.4 is 10.9 Å². The maximum Gasteiger partial charge on any atom is 0.271 e. The first kappa shape index (κ1) is 17.0. The summed E-state index contributed by atoms with van der Waals surface area (Å²) in [6.45, 7) is 3.76. The molecule has 0 saturated heterocycles. The average Bonchev–Trinajstić information content (AvgIpc) is 2.30. The highest BCUT2D eigenvalue weighted by Gasteiger charge is 2.20. The van der Waals surface area contributed by atoms with Crippen molar-refractivity contribution in [3.05, 3.63) is 29.0 Å². The van der Waals surface area contributed by atoms with Gasteiger partial charge in [0.2, 0.25) is 0 Å². The molecule has 5 nitrogen and oxygen atoms in total. The number of carbonyl (C=O) groups is 1. The van der Waals surface area contributed by atoms with E-state index in [1.54, 1.807) is 0 Å². The van der Waals surface area contributed by atoms with Crippen molar-refractivity contribution in [2.24, 2.45) is 21.2 Å². The van der Waals surface area contributed by atoms with E-state index >= 15 is 0 Å².